The number of hydrogen-bond donors (Lipinski definition) is 1. The standard InChI is InChI=1S/C20H20N2O/c1-2-5-18(6-3-1)16-23-20-10-8-17(9-11-20)13-22-15-19-7-4-12-21-14-19/h1-12,14,22H,13,15-16H2/p+1. The van der Waals surface area contributed by atoms with Gasteiger partial charge >= 0.3 is 0 Å². The fourth-order valence-corrected chi connectivity index (χ4v) is 2.39. The lowest BCUT2D eigenvalue weighted by Crippen LogP contribution is -2.80. The predicted octanol–water partition coefficient (Wildman–Crippen LogP) is 2.92. The number of nitrogens with two attached hydrogens (primary N) is 1. The Balaban J connectivity index is 1.45. The number of pyridine rings is 1. The maximum atomic E-state index is 5.80. The zero-order valence-electron chi connectivity index (χ0n) is 13.1. The lowest BCUT2D eigenvalue weighted by molar-refractivity contribution is -0.686. The summed E-state index contributed by atoms with van der Waals surface area (Å²) >= 11 is 0. The molecule has 0 radical (unpaired) electrons. The van der Waals surface area contributed by atoms with Crippen LogP contribution in [-0.4, -0.2) is 4.98 Å². The molecule has 3 aromatic rings. The third-order valence-corrected chi connectivity index (χ3v) is 3.65. The Labute approximate surface area is 137 Å². The molecule has 0 aliphatic carbocycles. The molecule has 2 N–H and O–H groups in total. The second-order valence-corrected chi connectivity index (χ2v) is 5.48. The first-order valence-corrected chi connectivity index (χ1v) is 7.86. The SMILES string of the molecule is c1ccc(COc2ccc(C[NH2+]Cc3cccnc3)cc2)cc1. The molecule has 0 aliphatic rings. The molecule has 1 heterocycles. The van der Waals surface area contributed by atoms with Gasteiger partial charge in [0.1, 0.15) is 25.4 Å². The van der Waals surface area contributed by atoms with Gasteiger partial charge in [-0.05, 0) is 35.9 Å². The van der Waals surface area contributed by atoms with Gasteiger partial charge in [-0.3, -0.25) is 4.98 Å². The van der Waals surface area contributed by atoms with E-state index in [1.54, 1.807) is 6.20 Å². The summed E-state index contributed by atoms with van der Waals surface area (Å²) in [4.78, 5) is 4.13. The Morgan fingerprint density at radius 2 is 1.48 bits per heavy atom. The molecule has 0 amide bonds. The van der Waals surface area contributed by atoms with E-state index in [1.165, 1.54) is 16.7 Å². The van der Waals surface area contributed by atoms with E-state index in [0.717, 1.165) is 18.8 Å². The molecule has 3 heteroatoms. The maximum Gasteiger partial charge on any atom is 0.119 e. The van der Waals surface area contributed by atoms with E-state index in [9.17, 15) is 0 Å². The van der Waals surface area contributed by atoms with Crippen molar-refractivity contribution in [3.8, 4) is 5.75 Å². The summed E-state index contributed by atoms with van der Waals surface area (Å²) in [5, 5.41) is 2.27. The van der Waals surface area contributed by atoms with Gasteiger partial charge in [-0.15, -0.1) is 0 Å². The van der Waals surface area contributed by atoms with Crippen molar-refractivity contribution in [3.05, 3.63) is 95.8 Å². The number of hydrogen-bond acceptors (Lipinski definition) is 2. The van der Waals surface area contributed by atoms with Crippen LogP contribution in [0.1, 0.15) is 16.7 Å². The van der Waals surface area contributed by atoms with Gasteiger partial charge in [0.05, 0.1) is 0 Å². The Bertz CT molecular complexity index is 697. The maximum absolute atomic E-state index is 5.80. The first-order chi connectivity index (χ1) is 11.4. The number of aromatic nitrogens is 1. The van der Waals surface area contributed by atoms with Crippen LogP contribution in [0, 0.1) is 0 Å². The van der Waals surface area contributed by atoms with Gasteiger partial charge in [0.2, 0.25) is 0 Å². The monoisotopic (exact) mass is 305 g/mol. The van der Waals surface area contributed by atoms with Crippen LogP contribution < -0.4 is 10.1 Å². The predicted molar refractivity (Wildman–Crippen MR) is 90.8 cm³/mol. The van der Waals surface area contributed by atoms with Crippen LogP contribution in [0.2, 0.25) is 0 Å². The lowest BCUT2D eigenvalue weighted by atomic mass is 10.2. The van der Waals surface area contributed by atoms with Crippen LogP contribution in [-0.2, 0) is 19.7 Å². The fourth-order valence-electron chi connectivity index (χ4n) is 2.39. The van der Waals surface area contributed by atoms with Crippen molar-refractivity contribution in [1.29, 1.82) is 0 Å². The molecule has 0 unspecified atom stereocenters. The zero-order valence-corrected chi connectivity index (χ0v) is 13.1. The highest BCUT2D eigenvalue weighted by Crippen LogP contribution is 2.13. The third-order valence-electron chi connectivity index (χ3n) is 3.65. The summed E-state index contributed by atoms with van der Waals surface area (Å²) in [6, 6.07) is 22.6. The Hall–Kier alpha value is -2.65. The molecule has 0 atom stereocenters. The largest absolute Gasteiger partial charge is 0.489 e. The van der Waals surface area contributed by atoms with Gasteiger partial charge in [0.25, 0.3) is 0 Å². The van der Waals surface area contributed by atoms with E-state index < -0.39 is 0 Å². The van der Waals surface area contributed by atoms with Gasteiger partial charge in [0, 0.05) is 23.5 Å². The topological polar surface area (TPSA) is 38.7 Å². The molecule has 0 saturated heterocycles. The summed E-state index contributed by atoms with van der Waals surface area (Å²) in [7, 11) is 0. The molecule has 2 aromatic carbocycles. The molecule has 116 valence electrons. The highest BCUT2D eigenvalue weighted by Gasteiger charge is 2.00. The minimum atomic E-state index is 0.604. The fraction of sp³-hybridized carbons (Fsp3) is 0.150. The molecule has 3 nitrogen and oxygen atoms in total. The summed E-state index contributed by atoms with van der Waals surface area (Å²) in [6.45, 7) is 2.50. The normalized spacial score (nSPS) is 10.4. The van der Waals surface area contributed by atoms with Crippen LogP contribution in [0.25, 0.3) is 0 Å². The van der Waals surface area contributed by atoms with E-state index in [0.29, 0.717) is 6.61 Å². The van der Waals surface area contributed by atoms with Crippen LogP contribution in [0.5, 0.6) is 5.75 Å². The van der Waals surface area contributed by atoms with Crippen molar-refractivity contribution in [1.82, 2.24) is 4.98 Å². The Kier molecular flexibility index (Phi) is 5.38. The Morgan fingerprint density at radius 3 is 2.22 bits per heavy atom. The van der Waals surface area contributed by atoms with Gasteiger partial charge in [0.15, 0.2) is 0 Å². The van der Waals surface area contributed by atoms with E-state index >= 15 is 0 Å². The molecular weight excluding hydrogens is 284 g/mol. The van der Waals surface area contributed by atoms with Gasteiger partial charge in [-0.2, -0.15) is 0 Å². The molecule has 1 aromatic heterocycles. The summed E-state index contributed by atoms with van der Waals surface area (Å²) in [6.07, 6.45) is 3.72. The van der Waals surface area contributed by atoms with E-state index in [1.807, 2.05) is 42.6 Å². The zero-order chi connectivity index (χ0) is 15.7. The number of benzene rings is 2. The number of quaternary nitrogens is 1. The van der Waals surface area contributed by atoms with Gasteiger partial charge in [-0.1, -0.05) is 36.4 Å². The summed E-state index contributed by atoms with van der Waals surface area (Å²) in [5.74, 6) is 0.907. The average molecular weight is 305 g/mol. The lowest BCUT2D eigenvalue weighted by Gasteiger charge is -2.07. The number of rotatable bonds is 7. The van der Waals surface area contributed by atoms with Crippen molar-refractivity contribution in [2.45, 2.75) is 19.7 Å². The van der Waals surface area contributed by atoms with Gasteiger partial charge < -0.3 is 10.1 Å². The molecule has 0 fully saturated rings. The molecular formula is C20H21N2O+. The molecule has 0 spiro atoms. The first kappa shape index (κ1) is 15.3. The minimum Gasteiger partial charge on any atom is -0.489 e. The molecule has 0 bridgehead atoms. The van der Waals surface area contributed by atoms with Crippen LogP contribution in [0.15, 0.2) is 79.1 Å². The third kappa shape index (κ3) is 4.94. The van der Waals surface area contributed by atoms with E-state index in [2.05, 4.69) is 40.6 Å². The molecule has 0 saturated carbocycles. The van der Waals surface area contributed by atoms with E-state index in [-0.39, 0.29) is 0 Å². The van der Waals surface area contributed by atoms with Crippen molar-refractivity contribution >= 4 is 0 Å². The Morgan fingerprint density at radius 1 is 0.739 bits per heavy atom. The average Bonchev–Trinajstić information content (AvgIpc) is 2.63. The van der Waals surface area contributed by atoms with Crippen LogP contribution in [0.3, 0.4) is 0 Å². The van der Waals surface area contributed by atoms with Crippen molar-refractivity contribution in [3.63, 3.8) is 0 Å². The first-order valence-electron chi connectivity index (χ1n) is 7.86. The van der Waals surface area contributed by atoms with Crippen molar-refractivity contribution in [2.24, 2.45) is 0 Å². The number of nitrogens with zero attached hydrogens (tertiary/aromatic N) is 1. The van der Waals surface area contributed by atoms with Crippen LogP contribution in [0.4, 0.5) is 0 Å². The highest BCUT2D eigenvalue weighted by molar-refractivity contribution is 5.27. The van der Waals surface area contributed by atoms with E-state index in [4.69, 9.17) is 4.74 Å². The smallest absolute Gasteiger partial charge is 0.119 e. The number of ether oxygens (including phenoxy) is 1. The van der Waals surface area contributed by atoms with Crippen molar-refractivity contribution < 1.29 is 10.1 Å². The second kappa shape index (κ2) is 8.11. The van der Waals surface area contributed by atoms with Crippen molar-refractivity contribution in [2.75, 3.05) is 0 Å². The summed E-state index contributed by atoms with van der Waals surface area (Å²) < 4.78 is 5.80. The quantitative estimate of drug-likeness (QED) is 0.729. The summed E-state index contributed by atoms with van der Waals surface area (Å²) in [5.41, 5.74) is 3.72. The van der Waals surface area contributed by atoms with Gasteiger partial charge in [-0.25, -0.2) is 0 Å². The molecule has 0 aliphatic heterocycles. The molecule has 23 heavy (non-hydrogen) atoms. The highest BCUT2D eigenvalue weighted by atomic mass is 16.5. The minimum absolute atomic E-state index is 0.604. The molecule has 3 rings (SSSR count). The second-order valence-electron chi connectivity index (χ2n) is 5.48. The van der Waals surface area contributed by atoms with Crippen LogP contribution >= 0.6 is 0 Å².